The number of rotatable bonds is 8. The molecule has 9 heteroatoms. The van der Waals surface area contributed by atoms with Gasteiger partial charge < -0.3 is 19.2 Å². The second kappa shape index (κ2) is 12.6. The predicted octanol–water partition coefficient (Wildman–Crippen LogP) is 5.99. The van der Waals surface area contributed by atoms with Gasteiger partial charge in [0.25, 0.3) is 0 Å². The zero-order chi connectivity index (χ0) is 28.0. The fourth-order valence-corrected chi connectivity index (χ4v) is 6.37. The topological polar surface area (TPSA) is 90.9 Å². The summed E-state index contributed by atoms with van der Waals surface area (Å²) in [5, 5.41) is 2.45. The monoisotopic (exact) mass is 549 g/mol. The molecule has 2 rings (SSSR count). The van der Waals surface area contributed by atoms with Crippen LogP contribution in [0.5, 0.6) is 0 Å². The van der Waals surface area contributed by atoms with E-state index >= 15 is 0 Å². The number of benzene rings is 1. The average Bonchev–Trinajstić information content (AvgIpc) is 2.77. The number of ketones is 1. The lowest BCUT2D eigenvalue weighted by atomic mass is 9.89. The molecule has 37 heavy (non-hydrogen) atoms. The van der Waals surface area contributed by atoms with Gasteiger partial charge >= 0.3 is 12.1 Å². The van der Waals surface area contributed by atoms with Gasteiger partial charge in [-0.1, -0.05) is 51.1 Å². The van der Waals surface area contributed by atoms with Crippen LogP contribution in [0.3, 0.4) is 0 Å². The minimum absolute atomic E-state index is 0.000197. The molecule has 206 valence electrons. The van der Waals surface area contributed by atoms with Crippen LogP contribution in [0, 0.1) is 0 Å². The largest absolute Gasteiger partial charge is 0.467 e. The standard InChI is InChI=1S/C28H43NO6SSi/c1-27(2,3)34-26(32)29-21(25(31)33-7)18-36-24-17-22(30)20(15-19-13-11-10-12-14-19)16-23(24)35-37(8,9)28(4,5)6/h10-15,21,23-24H,16-18H2,1-9H3,(H,29,32)/b20-15+/t21-,23?,24?/m0/s1. The van der Waals surface area contributed by atoms with Crippen LogP contribution in [0.15, 0.2) is 35.9 Å². The van der Waals surface area contributed by atoms with E-state index < -0.39 is 32.0 Å². The summed E-state index contributed by atoms with van der Waals surface area (Å²) in [6.45, 7) is 16.2. The Morgan fingerprint density at radius 2 is 1.73 bits per heavy atom. The Hall–Kier alpha value is -2.10. The van der Waals surface area contributed by atoms with E-state index in [0.717, 1.165) is 11.1 Å². The van der Waals surface area contributed by atoms with Crippen molar-refractivity contribution < 1.29 is 28.3 Å². The Labute approximate surface area is 227 Å². The van der Waals surface area contributed by atoms with Crippen molar-refractivity contribution in [3.8, 4) is 0 Å². The van der Waals surface area contributed by atoms with E-state index in [1.165, 1.54) is 18.9 Å². The maximum absolute atomic E-state index is 13.2. The number of methoxy groups -OCH3 is 1. The summed E-state index contributed by atoms with van der Waals surface area (Å²) in [4.78, 5) is 38.0. The molecule has 0 spiro atoms. The van der Waals surface area contributed by atoms with Gasteiger partial charge in [0.05, 0.1) is 13.2 Å². The molecule has 0 bridgehead atoms. The summed E-state index contributed by atoms with van der Waals surface area (Å²) < 4.78 is 17.1. The Morgan fingerprint density at radius 1 is 1.11 bits per heavy atom. The molecule has 0 aliphatic heterocycles. The summed E-state index contributed by atoms with van der Waals surface area (Å²) in [6.07, 6.45) is 1.86. The summed E-state index contributed by atoms with van der Waals surface area (Å²) in [5.74, 6) is -0.253. The quantitative estimate of drug-likeness (QED) is 0.242. The van der Waals surface area contributed by atoms with Crippen LogP contribution < -0.4 is 5.32 Å². The Bertz CT molecular complexity index is 981. The molecule has 3 atom stereocenters. The molecule has 0 saturated heterocycles. The van der Waals surface area contributed by atoms with E-state index in [4.69, 9.17) is 13.9 Å². The molecule has 1 aliphatic carbocycles. The lowest BCUT2D eigenvalue weighted by molar-refractivity contribution is -0.142. The predicted molar refractivity (Wildman–Crippen MR) is 152 cm³/mol. The van der Waals surface area contributed by atoms with Gasteiger partial charge in [0.2, 0.25) is 0 Å². The molecule has 0 heterocycles. The minimum atomic E-state index is -2.15. The average molecular weight is 550 g/mol. The number of alkyl carbamates (subject to hydrolysis) is 1. The van der Waals surface area contributed by atoms with Gasteiger partial charge in [-0.15, -0.1) is 0 Å². The molecule has 1 aliphatic rings. The summed E-state index contributed by atoms with van der Waals surface area (Å²) >= 11 is 1.46. The van der Waals surface area contributed by atoms with E-state index in [-0.39, 0.29) is 27.9 Å². The van der Waals surface area contributed by atoms with Gasteiger partial charge in [-0.05, 0) is 56.1 Å². The highest BCUT2D eigenvalue weighted by Crippen LogP contribution is 2.41. The van der Waals surface area contributed by atoms with Gasteiger partial charge in [-0.25, -0.2) is 9.59 Å². The lowest BCUT2D eigenvalue weighted by Crippen LogP contribution is -2.49. The fourth-order valence-electron chi connectivity index (χ4n) is 3.62. The molecule has 1 aromatic rings. The highest BCUT2D eigenvalue weighted by Gasteiger charge is 2.43. The lowest BCUT2D eigenvalue weighted by Gasteiger charge is -2.43. The first-order chi connectivity index (χ1) is 17.0. The number of nitrogens with one attached hydrogen (secondary N) is 1. The third kappa shape index (κ3) is 9.61. The molecule has 1 aromatic carbocycles. The van der Waals surface area contributed by atoms with Crippen molar-refractivity contribution in [2.45, 2.75) is 95.5 Å². The number of ether oxygens (including phenoxy) is 2. The number of hydrogen-bond donors (Lipinski definition) is 1. The second-order valence-corrected chi connectivity index (χ2v) is 18.0. The van der Waals surface area contributed by atoms with Crippen molar-refractivity contribution in [3.63, 3.8) is 0 Å². The normalized spacial score (nSPS) is 20.9. The first-order valence-corrected chi connectivity index (χ1v) is 16.6. The molecule has 1 saturated carbocycles. The maximum atomic E-state index is 13.2. The molecule has 0 radical (unpaired) electrons. The zero-order valence-corrected chi connectivity index (χ0v) is 25.5. The van der Waals surface area contributed by atoms with Crippen LogP contribution in [0.1, 0.15) is 59.9 Å². The number of carbonyl (C=O) groups is 3. The molecule has 1 fully saturated rings. The highest BCUT2D eigenvalue weighted by atomic mass is 32.2. The van der Waals surface area contributed by atoms with Gasteiger partial charge in [-0.2, -0.15) is 11.8 Å². The molecular formula is C28H43NO6SSi. The molecule has 1 amide bonds. The first-order valence-electron chi connectivity index (χ1n) is 12.7. The number of thioether (sulfide) groups is 1. The summed E-state index contributed by atoms with van der Waals surface area (Å²) in [6, 6.07) is 8.90. The second-order valence-electron chi connectivity index (χ2n) is 11.9. The Balaban J connectivity index is 2.25. The van der Waals surface area contributed by atoms with Crippen LogP contribution in [-0.4, -0.2) is 62.0 Å². The third-order valence-electron chi connectivity index (χ3n) is 6.63. The Kier molecular flexibility index (Phi) is 10.6. The van der Waals surface area contributed by atoms with Crippen LogP contribution in [0.25, 0.3) is 6.08 Å². The third-order valence-corrected chi connectivity index (χ3v) is 12.6. The number of Topliss-reactive ketones (excluding diaryl/α,β-unsaturated/α-hetero) is 1. The maximum Gasteiger partial charge on any atom is 0.408 e. The number of hydrogen-bond acceptors (Lipinski definition) is 7. The molecule has 7 nitrogen and oxygen atoms in total. The van der Waals surface area contributed by atoms with E-state index in [2.05, 4.69) is 39.2 Å². The van der Waals surface area contributed by atoms with Crippen molar-refractivity contribution >= 4 is 44.0 Å². The van der Waals surface area contributed by atoms with Gasteiger partial charge in [-0.3, -0.25) is 4.79 Å². The van der Waals surface area contributed by atoms with E-state index in [1.807, 2.05) is 36.4 Å². The summed E-state index contributed by atoms with van der Waals surface area (Å²) in [5.41, 5.74) is 1.04. The van der Waals surface area contributed by atoms with Crippen LogP contribution in [-0.2, 0) is 23.5 Å². The van der Waals surface area contributed by atoms with E-state index in [1.54, 1.807) is 20.8 Å². The first kappa shape index (κ1) is 31.1. The van der Waals surface area contributed by atoms with E-state index in [0.29, 0.717) is 12.8 Å². The smallest absolute Gasteiger partial charge is 0.408 e. The van der Waals surface area contributed by atoms with Crippen molar-refractivity contribution in [3.05, 3.63) is 41.5 Å². The Morgan fingerprint density at radius 3 is 2.27 bits per heavy atom. The number of carbonyl (C=O) groups excluding carboxylic acids is 3. The number of amides is 1. The van der Waals surface area contributed by atoms with Crippen molar-refractivity contribution in [2.75, 3.05) is 12.9 Å². The molecule has 1 N–H and O–H groups in total. The van der Waals surface area contributed by atoms with Crippen LogP contribution >= 0.6 is 11.8 Å². The fraction of sp³-hybridized carbons (Fsp3) is 0.607. The summed E-state index contributed by atoms with van der Waals surface area (Å²) in [7, 11) is -0.866. The molecule has 2 unspecified atom stereocenters. The number of esters is 1. The van der Waals surface area contributed by atoms with Crippen molar-refractivity contribution in [2.24, 2.45) is 0 Å². The molecular weight excluding hydrogens is 506 g/mol. The SMILES string of the molecule is COC(=O)[C@H](CSC1CC(=O)/C(=C/c2ccccc2)CC1O[Si](C)(C)C(C)(C)C)NC(=O)OC(C)(C)C. The zero-order valence-electron chi connectivity index (χ0n) is 23.7. The minimum Gasteiger partial charge on any atom is -0.467 e. The van der Waals surface area contributed by atoms with Crippen LogP contribution in [0.4, 0.5) is 4.79 Å². The van der Waals surface area contributed by atoms with E-state index in [9.17, 15) is 14.4 Å². The van der Waals surface area contributed by atoms with Crippen molar-refractivity contribution in [1.82, 2.24) is 5.32 Å². The van der Waals surface area contributed by atoms with Gasteiger partial charge in [0.15, 0.2) is 14.1 Å². The van der Waals surface area contributed by atoms with Gasteiger partial charge in [0, 0.05) is 23.8 Å². The van der Waals surface area contributed by atoms with Crippen LogP contribution in [0.2, 0.25) is 18.1 Å². The van der Waals surface area contributed by atoms with Gasteiger partial charge in [0.1, 0.15) is 11.6 Å². The highest BCUT2D eigenvalue weighted by molar-refractivity contribution is 8.00. The molecule has 0 aromatic heterocycles. The van der Waals surface area contributed by atoms with Crippen molar-refractivity contribution in [1.29, 1.82) is 0 Å².